The van der Waals surface area contributed by atoms with Gasteiger partial charge in [0.25, 0.3) is 0 Å². The van der Waals surface area contributed by atoms with Crippen LogP contribution in [0.15, 0.2) is 12.1 Å². The Morgan fingerprint density at radius 2 is 1.69 bits per heavy atom. The van der Waals surface area contributed by atoms with Crippen molar-refractivity contribution in [1.29, 1.82) is 0 Å². The molecule has 1 rings (SSSR count). The predicted molar refractivity (Wildman–Crippen MR) is 59.1 cm³/mol. The Hall–Kier alpha value is -1.84. The van der Waals surface area contributed by atoms with Gasteiger partial charge in [-0.3, -0.25) is 0 Å². The first kappa shape index (κ1) is 12.2. The van der Waals surface area contributed by atoms with Gasteiger partial charge in [-0.05, 0) is 36.6 Å². The molecule has 0 spiro atoms. The molecule has 0 heterocycles. The molecule has 0 aliphatic rings. The molecule has 0 amide bonds. The number of benzene rings is 1. The summed E-state index contributed by atoms with van der Waals surface area (Å²) in [6.07, 6.45) is 1.35. The Bertz CT molecular complexity index is 435. The maximum absolute atomic E-state index is 11.0. The van der Waals surface area contributed by atoms with Gasteiger partial charge in [-0.2, -0.15) is 0 Å². The van der Waals surface area contributed by atoms with Gasteiger partial charge >= 0.3 is 11.9 Å². The zero-order chi connectivity index (χ0) is 12.3. The molecule has 2 N–H and O–H groups in total. The molecular weight excluding hydrogens is 208 g/mol. The summed E-state index contributed by atoms with van der Waals surface area (Å²) in [5.41, 5.74) is 1.43. The van der Waals surface area contributed by atoms with Gasteiger partial charge < -0.3 is 10.2 Å². The number of aryl methyl sites for hydroxylation is 2. The first-order chi connectivity index (χ1) is 7.47. The number of carboxylic acid groups (broad SMARTS) is 2. The van der Waals surface area contributed by atoms with Gasteiger partial charge in [-0.25, -0.2) is 9.59 Å². The zero-order valence-corrected chi connectivity index (χ0v) is 9.28. The monoisotopic (exact) mass is 222 g/mol. The average Bonchev–Trinajstić information content (AvgIpc) is 2.19. The van der Waals surface area contributed by atoms with Gasteiger partial charge in [0.2, 0.25) is 0 Å². The smallest absolute Gasteiger partial charge is 0.335 e. The molecule has 0 aromatic heterocycles. The molecule has 1 aromatic rings. The highest BCUT2D eigenvalue weighted by molar-refractivity contribution is 5.94. The number of carbonyl (C=O) groups is 2. The molecule has 1 aromatic carbocycles. The first-order valence-electron chi connectivity index (χ1n) is 5.07. The summed E-state index contributed by atoms with van der Waals surface area (Å²) < 4.78 is 0. The lowest BCUT2D eigenvalue weighted by Gasteiger charge is -2.09. The van der Waals surface area contributed by atoms with Crippen molar-refractivity contribution in [2.75, 3.05) is 0 Å². The minimum absolute atomic E-state index is 0.174. The van der Waals surface area contributed by atoms with Crippen molar-refractivity contribution in [3.63, 3.8) is 0 Å². The molecule has 0 aliphatic carbocycles. The van der Waals surface area contributed by atoms with E-state index in [1.165, 1.54) is 12.1 Å². The minimum Gasteiger partial charge on any atom is -0.478 e. The first-order valence-corrected chi connectivity index (χ1v) is 5.07. The van der Waals surface area contributed by atoms with Crippen LogP contribution in [0, 0.1) is 6.92 Å². The maximum atomic E-state index is 11.0. The van der Waals surface area contributed by atoms with Crippen molar-refractivity contribution in [1.82, 2.24) is 0 Å². The Morgan fingerprint density at radius 3 is 2.12 bits per heavy atom. The minimum atomic E-state index is -1.02. The van der Waals surface area contributed by atoms with Gasteiger partial charge in [0.05, 0.1) is 11.1 Å². The van der Waals surface area contributed by atoms with Crippen LogP contribution in [0.4, 0.5) is 0 Å². The molecule has 86 valence electrons. The van der Waals surface area contributed by atoms with Gasteiger partial charge in [0, 0.05) is 0 Å². The van der Waals surface area contributed by atoms with E-state index in [0.717, 1.165) is 6.42 Å². The van der Waals surface area contributed by atoms with Crippen LogP contribution in [0.1, 0.15) is 45.2 Å². The van der Waals surface area contributed by atoms with Crippen LogP contribution in [0.3, 0.4) is 0 Å². The third-order valence-corrected chi connectivity index (χ3v) is 2.43. The Morgan fingerprint density at radius 1 is 1.12 bits per heavy atom. The summed E-state index contributed by atoms with van der Waals surface area (Å²) >= 11 is 0. The summed E-state index contributed by atoms with van der Waals surface area (Å²) in [7, 11) is 0. The van der Waals surface area contributed by atoms with Gasteiger partial charge in [0.15, 0.2) is 0 Å². The summed E-state index contributed by atoms with van der Waals surface area (Å²) in [6, 6.07) is 2.89. The van der Waals surface area contributed by atoms with Crippen molar-refractivity contribution in [3.05, 3.63) is 34.4 Å². The fourth-order valence-electron chi connectivity index (χ4n) is 1.66. The Labute approximate surface area is 93.5 Å². The van der Waals surface area contributed by atoms with Crippen molar-refractivity contribution < 1.29 is 19.8 Å². The standard InChI is InChI=1S/C12H14O4/c1-3-4-8-6-9(11(13)14)7(2)5-10(8)12(15)16/h5-6H,3-4H2,1-2H3,(H,13,14)(H,15,16). The van der Waals surface area contributed by atoms with Crippen LogP contribution >= 0.6 is 0 Å². The average molecular weight is 222 g/mol. The van der Waals surface area contributed by atoms with Crippen LogP contribution in [0.25, 0.3) is 0 Å². The quantitative estimate of drug-likeness (QED) is 0.819. The molecule has 0 saturated carbocycles. The van der Waals surface area contributed by atoms with Crippen molar-refractivity contribution in [2.45, 2.75) is 26.7 Å². The fraction of sp³-hybridized carbons (Fsp3) is 0.333. The molecule has 0 fully saturated rings. The largest absolute Gasteiger partial charge is 0.478 e. The van der Waals surface area contributed by atoms with Crippen LogP contribution in [0.5, 0.6) is 0 Å². The van der Waals surface area contributed by atoms with E-state index in [1.807, 2.05) is 6.92 Å². The van der Waals surface area contributed by atoms with E-state index in [-0.39, 0.29) is 11.1 Å². The molecule has 0 unspecified atom stereocenters. The van der Waals surface area contributed by atoms with Crippen LogP contribution in [-0.2, 0) is 6.42 Å². The molecule has 0 atom stereocenters. The lowest BCUT2D eigenvalue weighted by atomic mass is 9.96. The number of carboxylic acids is 2. The maximum Gasteiger partial charge on any atom is 0.335 e. The highest BCUT2D eigenvalue weighted by Crippen LogP contribution is 2.18. The van der Waals surface area contributed by atoms with Crippen LogP contribution in [-0.4, -0.2) is 22.2 Å². The van der Waals surface area contributed by atoms with Crippen molar-refractivity contribution in [2.24, 2.45) is 0 Å². The van der Waals surface area contributed by atoms with Crippen molar-refractivity contribution >= 4 is 11.9 Å². The van der Waals surface area contributed by atoms with Crippen LogP contribution < -0.4 is 0 Å². The Balaban J connectivity index is 3.36. The second-order valence-electron chi connectivity index (χ2n) is 3.68. The molecule has 4 nitrogen and oxygen atoms in total. The van der Waals surface area contributed by atoms with E-state index in [9.17, 15) is 9.59 Å². The second kappa shape index (κ2) is 4.79. The van der Waals surface area contributed by atoms with Gasteiger partial charge in [-0.1, -0.05) is 13.3 Å². The summed E-state index contributed by atoms with van der Waals surface area (Å²) in [5.74, 6) is -2.03. The molecule has 0 aliphatic heterocycles. The molecule has 0 bridgehead atoms. The highest BCUT2D eigenvalue weighted by atomic mass is 16.4. The number of hydrogen-bond donors (Lipinski definition) is 2. The molecule has 0 radical (unpaired) electrons. The second-order valence-corrected chi connectivity index (χ2v) is 3.68. The van der Waals surface area contributed by atoms with E-state index < -0.39 is 11.9 Å². The number of hydrogen-bond acceptors (Lipinski definition) is 2. The molecular formula is C12H14O4. The zero-order valence-electron chi connectivity index (χ0n) is 9.28. The lowest BCUT2D eigenvalue weighted by Crippen LogP contribution is -2.08. The molecule has 0 saturated heterocycles. The Kier molecular flexibility index (Phi) is 3.66. The molecule has 4 heteroatoms. The highest BCUT2D eigenvalue weighted by Gasteiger charge is 2.15. The van der Waals surface area contributed by atoms with E-state index in [2.05, 4.69) is 0 Å². The third kappa shape index (κ3) is 2.39. The van der Waals surface area contributed by atoms with E-state index >= 15 is 0 Å². The lowest BCUT2D eigenvalue weighted by molar-refractivity contribution is 0.0679. The predicted octanol–water partition coefficient (Wildman–Crippen LogP) is 2.34. The van der Waals surface area contributed by atoms with Crippen LogP contribution in [0.2, 0.25) is 0 Å². The van der Waals surface area contributed by atoms with E-state index in [0.29, 0.717) is 17.5 Å². The molecule has 16 heavy (non-hydrogen) atoms. The topological polar surface area (TPSA) is 74.6 Å². The summed E-state index contributed by atoms with van der Waals surface area (Å²) in [4.78, 5) is 21.9. The van der Waals surface area contributed by atoms with Gasteiger partial charge in [0.1, 0.15) is 0 Å². The summed E-state index contributed by atoms with van der Waals surface area (Å²) in [6.45, 7) is 3.53. The summed E-state index contributed by atoms with van der Waals surface area (Å²) in [5, 5.41) is 17.9. The van der Waals surface area contributed by atoms with Gasteiger partial charge in [-0.15, -0.1) is 0 Å². The number of aromatic carboxylic acids is 2. The third-order valence-electron chi connectivity index (χ3n) is 2.43. The number of rotatable bonds is 4. The van der Waals surface area contributed by atoms with E-state index in [1.54, 1.807) is 6.92 Å². The van der Waals surface area contributed by atoms with Crippen molar-refractivity contribution in [3.8, 4) is 0 Å². The SMILES string of the molecule is CCCc1cc(C(=O)O)c(C)cc1C(=O)O. The normalized spacial score (nSPS) is 10.1. The van der Waals surface area contributed by atoms with E-state index in [4.69, 9.17) is 10.2 Å². The fourth-order valence-corrected chi connectivity index (χ4v) is 1.66.